The van der Waals surface area contributed by atoms with Crippen molar-refractivity contribution in [3.8, 4) is 11.5 Å². The molecule has 0 saturated carbocycles. The van der Waals surface area contributed by atoms with E-state index in [1.807, 2.05) is 62.4 Å². The van der Waals surface area contributed by atoms with Gasteiger partial charge in [-0.2, -0.15) is 0 Å². The van der Waals surface area contributed by atoms with Crippen molar-refractivity contribution in [1.82, 2.24) is 5.32 Å². The number of hydrogen-bond donors (Lipinski definition) is 2. The van der Waals surface area contributed by atoms with Gasteiger partial charge in [-0.3, -0.25) is 10.1 Å². The molecule has 2 atom stereocenters. The van der Waals surface area contributed by atoms with E-state index in [1.165, 1.54) is 0 Å². The number of carbonyl (C=O) groups is 1. The Balaban J connectivity index is 1.76. The van der Waals surface area contributed by atoms with Gasteiger partial charge in [0.2, 0.25) is 0 Å². The molecule has 1 aliphatic heterocycles. The van der Waals surface area contributed by atoms with Crippen LogP contribution in [0.25, 0.3) is 0 Å². The Kier molecular flexibility index (Phi) is 5.44. The predicted molar refractivity (Wildman–Crippen MR) is 103 cm³/mol. The third-order valence-corrected chi connectivity index (χ3v) is 5.90. The lowest BCUT2D eigenvalue weighted by Gasteiger charge is -2.20. The van der Waals surface area contributed by atoms with Gasteiger partial charge in [0, 0.05) is 4.75 Å². The van der Waals surface area contributed by atoms with Crippen molar-refractivity contribution >= 4 is 17.7 Å². The fraction of sp³-hybridized carbons (Fsp3) is 0.350. The molecule has 0 bridgehead atoms. The molecule has 2 aromatic rings. The van der Waals surface area contributed by atoms with Crippen LogP contribution in [0, 0.1) is 0 Å². The summed E-state index contributed by atoms with van der Waals surface area (Å²) in [4.78, 5) is 11.5. The molecule has 0 spiro atoms. The van der Waals surface area contributed by atoms with Crippen LogP contribution in [0.2, 0.25) is 0 Å². The SMILES string of the molecule is COc1cc(C2NC(C(=O)O)C(C)(C)S2)ccc1OCc1ccccc1. The van der Waals surface area contributed by atoms with E-state index in [4.69, 9.17) is 9.47 Å². The van der Waals surface area contributed by atoms with E-state index >= 15 is 0 Å². The van der Waals surface area contributed by atoms with Crippen LogP contribution in [0.3, 0.4) is 0 Å². The van der Waals surface area contributed by atoms with Crippen LogP contribution in [0.1, 0.15) is 30.3 Å². The first-order valence-electron chi connectivity index (χ1n) is 8.42. The highest BCUT2D eigenvalue weighted by atomic mass is 32.2. The third kappa shape index (κ3) is 3.97. The summed E-state index contributed by atoms with van der Waals surface area (Å²) in [5, 5.41) is 12.5. The van der Waals surface area contributed by atoms with Crippen molar-refractivity contribution < 1.29 is 19.4 Å². The second-order valence-electron chi connectivity index (χ2n) is 6.72. The normalized spacial score (nSPS) is 21.3. The molecule has 1 saturated heterocycles. The maximum atomic E-state index is 11.5. The van der Waals surface area contributed by atoms with Gasteiger partial charge in [-0.05, 0) is 37.1 Å². The van der Waals surface area contributed by atoms with E-state index in [0.717, 1.165) is 11.1 Å². The standard InChI is InChI=1S/C20H23NO4S/c1-20(2)17(19(22)23)21-18(26-20)14-9-10-15(16(11-14)24-3)25-12-13-7-5-4-6-8-13/h4-11,17-18,21H,12H2,1-3H3,(H,22,23). The maximum Gasteiger partial charge on any atom is 0.322 e. The Morgan fingerprint density at radius 2 is 1.92 bits per heavy atom. The zero-order valence-corrected chi connectivity index (χ0v) is 15.9. The average molecular weight is 373 g/mol. The minimum Gasteiger partial charge on any atom is -0.493 e. The molecule has 6 heteroatoms. The number of methoxy groups -OCH3 is 1. The fourth-order valence-corrected chi connectivity index (χ4v) is 4.39. The van der Waals surface area contributed by atoms with Gasteiger partial charge in [0.05, 0.1) is 12.5 Å². The number of rotatable bonds is 6. The van der Waals surface area contributed by atoms with Crippen LogP contribution < -0.4 is 14.8 Å². The molecule has 2 N–H and O–H groups in total. The van der Waals surface area contributed by atoms with E-state index in [-0.39, 0.29) is 5.37 Å². The molecule has 138 valence electrons. The number of ether oxygens (including phenoxy) is 2. The highest BCUT2D eigenvalue weighted by molar-refractivity contribution is 8.01. The molecule has 3 rings (SSSR count). The number of carboxylic acids is 1. The molecule has 0 aromatic heterocycles. The summed E-state index contributed by atoms with van der Waals surface area (Å²) in [6.07, 6.45) is 0. The van der Waals surface area contributed by atoms with E-state index in [2.05, 4.69) is 5.32 Å². The monoisotopic (exact) mass is 373 g/mol. The highest BCUT2D eigenvalue weighted by Crippen LogP contribution is 2.47. The smallest absolute Gasteiger partial charge is 0.322 e. The molecule has 26 heavy (non-hydrogen) atoms. The van der Waals surface area contributed by atoms with E-state index < -0.39 is 16.8 Å². The second-order valence-corrected chi connectivity index (χ2v) is 8.48. The molecular formula is C20H23NO4S. The topological polar surface area (TPSA) is 67.8 Å². The van der Waals surface area contributed by atoms with Gasteiger partial charge >= 0.3 is 5.97 Å². The van der Waals surface area contributed by atoms with E-state index in [9.17, 15) is 9.90 Å². The number of hydrogen-bond acceptors (Lipinski definition) is 5. The lowest BCUT2D eigenvalue weighted by Crippen LogP contribution is -2.43. The Bertz CT molecular complexity index is 779. The molecule has 1 heterocycles. The van der Waals surface area contributed by atoms with Gasteiger partial charge in [-0.15, -0.1) is 11.8 Å². The summed E-state index contributed by atoms with van der Waals surface area (Å²) in [6.45, 7) is 4.34. The van der Waals surface area contributed by atoms with Gasteiger partial charge in [-0.1, -0.05) is 36.4 Å². The largest absolute Gasteiger partial charge is 0.493 e. The number of aliphatic carboxylic acids is 1. The van der Waals surface area contributed by atoms with Gasteiger partial charge in [-0.25, -0.2) is 0 Å². The molecule has 0 radical (unpaired) electrons. The summed E-state index contributed by atoms with van der Waals surface area (Å²) in [5.41, 5.74) is 2.05. The van der Waals surface area contributed by atoms with Crippen molar-refractivity contribution in [3.63, 3.8) is 0 Å². The summed E-state index contributed by atoms with van der Waals surface area (Å²) < 4.78 is 11.0. The number of nitrogens with one attached hydrogen (secondary N) is 1. The van der Waals surface area contributed by atoms with Crippen LogP contribution in [0.15, 0.2) is 48.5 Å². The van der Waals surface area contributed by atoms with Crippen molar-refractivity contribution in [3.05, 3.63) is 59.7 Å². The van der Waals surface area contributed by atoms with Gasteiger partial charge in [0.25, 0.3) is 0 Å². The van der Waals surface area contributed by atoms with Gasteiger partial charge in [0.1, 0.15) is 12.6 Å². The molecule has 5 nitrogen and oxygen atoms in total. The molecule has 2 aromatic carbocycles. The zero-order valence-electron chi connectivity index (χ0n) is 15.1. The Morgan fingerprint density at radius 3 is 2.54 bits per heavy atom. The Morgan fingerprint density at radius 1 is 1.19 bits per heavy atom. The summed E-state index contributed by atoms with van der Waals surface area (Å²) in [7, 11) is 1.60. The first-order chi connectivity index (χ1) is 12.4. The molecule has 1 aliphatic rings. The molecule has 1 fully saturated rings. The van der Waals surface area contributed by atoms with Crippen LogP contribution in [0.4, 0.5) is 0 Å². The molecule has 2 unspecified atom stereocenters. The number of benzene rings is 2. The van der Waals surface area contributed by atoms with E-state index in [1.54, 1.807) is 18.9 Å². The molecule has 0 amide bonds. The lowest BCUT2D eigenvalue weighted by molar-refractivity contribution is -0.139. The van der Waals surface area contributed by atoms with Crippen LogP contribution >= 0.6 is 11.8 Å². The summed E-state index contributed by atoms with van der Waals surface area (Å²) >= 11 is 1.60. The number of carboxylic acid groups (broad SMARTS) is 1. The van der Waals surface area contributed by atoms with Crippen LogP contribution in [0.5, 0.6) is 11.5 Å². The minimum absolute atomic E-state index is 0.108. The maximum absolute atomic E-state index is 11.5. The summed E-state index contributed by atoms with van der Waals surface area (Å²) in [6, 6.07) is 15.1. The van der Waals surface area contributed by atoms with Crippen molar-refractivity contribution in [2.24, 2.45) is 0 Å². The van der Waals surface area contributed by atoms with E-state index in [0.29, 0.717) is 18.1 Å². The first-order valence-corrected chi connectivity index (χ1v) is 9.30. The number of thioether (sulfide) groups is 1. The van der Waals surface area contributed by atoms with Crippen LogP contribution in [-0.4, -0.2) is 29.0 Å². The van der Waals surface area contributed by atoms with Gasteiger partial charge in [0.15, 0.2) is 11.5 Å². The zero-order chi connectivity index (χ0) is 18.7. The second kappa shape index (κ2) is 7.60. The lowest BCUT2D eigenvalue weighted by atomic mass is 10.0. The quantitative estimate of drug-likeness (QED) is 0.802. The Labute approximate surface area is 157 Å². The predicted octanol–water partition coefficient (Wildman–Crippen LogP) is 3.84. The fourth-order valence-electron chi connectivity index (χ4n) is 2.99. The molecular weight excluding hydrogens is 350 g/mol. The Hall–Kier alpha value is -2.18. The van der Waals surface area contributed by atoms with Crippen molar-refractivity contribution in [2.45, 2.75) is 36.6 Å². The minimum atomic E-state index is -0.834. The third-order valence-electron chi connectivity index (χ3n) is 4.41. The highest BCUT2D eigenvalue weighted by Gasteiger charge is 2.45. The average Bonchev–Trinajstić information content (AvgIpc) is 2.96. The van der Waals surface area contributed by atoms with Gasteiger partial charge < -0.3 is 14.6 Å². The van der Waals surface area contributed by atoms with Crippen molar-refractivity contribution in [2.75, 3.05) is 7.11 Å². The van der Waals surface area contributed by atoms with Crippen LogP contribution in [-0.2, 0) is 11.4 Å². The van der Waals surface area contributed by atoms with Crippen molar-refractivity contribution in [1.29, 1.82) is 0 Å². The molecule has 0 aliphatic carbocycles. The summed E-state index contributed by atoms with van der Waals surface area (Å²) in [5.74, 6) is 0.467. The first kappa shape index (κ1) is 18.6.